The van der Waals surface area contributed by atoms with Gasteiger partial charge in [0, 0.05) is 17.7 Å². The third-order valence-corrected chi connectivity index (χ3v) is 13.9. The minimum absolute atomic E-state index is 0.145. The number of hydrogen-bond acceptors (Lipinski definition) is 4. The van der Waals surface area contributed by atoms with Gasteiger partial charge in [0.05, 0.1) is 31.1 Å². The van der Waals surface area contributed by atoms with Gasteiger partial charge >= 0.3 is 0 Å². The van der Waals surface area contributed by atoms with Crippen LogP contribution < -0.4 is 10.4 Å². The standard InChI is InChI=1S/C42H55NO3Si/c1-5-6-7-8-17-26-38(44)31-32-45-33-37(43-41(35-22-13-9-14-23-35)36-24-15-10-16-25-36)34-46-47(42(2,3)4,39-27-18-11-19-28-39)40-29-20-12-21-30-40/h9-16,18-25,27-30,37-38,44H,5-8,17,26,31-34H2,1-4H3/t37-,38-/m1/s1. The van der Waals surface area contributed by atoms with E-state index in [1.807, 2.05) is 12.1 Å². The van der Waals surface area contributed by atoms with Crippen molar-refractivity contribution in [1.29, 1.82) is 0 Å². The highest BCUT2D eigenvalue weighted by atomic mass is 28.4. The summed E-state index contributed by atoms with van der Waals surface area (Å²) in [4.78, 5) is 5.41. The Kier molecular flexibility index (Phi) is 14.6. The van der Waals surface area contributed by atoms with E-state index in [1.54, 1.807) is 0 Å². The van der Waals surface area contributed by atoms with Crippen LogP contribution in [0.4, 0.5) is 0 Å². The quantitative estimate of drug-likeness (QED) is 0.0629. The summed E-state index contributed by atoms with van der Waals surface area (Å²) in [7, 11) is -2.78. The van der Waals surface area contributed by atoms with Gasteiger partial charge in [-0.3, -0.25) is 4.99 Å². The molecule has 0 radical (unpaired) electrons. The highest BCUT2D eigenvalue weighted by Gasteiger charge is 2.50. The van der Waals surface area contributed by atoms with Crippen molar-refractivity contribution in [3.8, 4) is 0 Å². The molecule has 0 saturated heterocycles. The summed E-state index contributed by atoms with van der Waals surface area (Å²) in [6.07, 6.45) is 7.12. The number of hydrogen-bond donors (Lipinski definition) is 1. The summed E-state index contributed by atoms with van der Waals surface area (Å²) in [5.41, 5.74) is 3.05. The zero-order valence-electron chi connectivity index (χ0n) is 29.0. The molecular formula is C42H55NO3Si. The van der Waals surface area contributed by atoms with Gasteiger partial charge in [-0.1, -0.05) is 181 Å². The molecule has 0 saturated carbocycles. The fourth-order valence-electron chi connectivity index (χ4n) is 6.36. The van der Waals surface area contributed by atoms with Crippen molar-refractivity contribution in [3.05, 3.63) is 132 Å². The molecule has 2 atom stereocenters. The first-order valence-electron chi connectivity index (χ1n) is 17.5. The van der Waals surface area contributed by atoms with Gasteiger partial charge in [-0.2, -0.15) is 0 Å². The minimum atomic E-state index is -2.78. The van der Waals surface area contributed by atoms with Gasteiger partial charge in [0.25, 0.3) is 8.32 Å². The van der Waals surface area contributed by atoms with E-state index in [-0.39, 0.29) is 17.2 Å². The van der Waals surface area contributed by atoms with E-state index in [0.717, 1.165) is 29.7 Å². The lowest BCUT2D eigenvalue weighted by molar-refractivity contribution is 0.0638. The Morgan fingerprint density at radius 2 is 1.15 bits per heavy atom. The number of aliphatic imine (C=N–C) groups is 1. The van der Waals surface area contributed by atoms with E-state index in [4.69, 9.17) is 14.2 Å². The second-order valence-electron chi connectivity index (χ2n) is 13.6. The van der Waals surface area contributed by atoms with Gasteiger partial charge in [-0.05, 0) is 28.3 Å². The normalized spacial score (nSPS) is 13.2. The number of ether oxygens (including phenoxy) is 1. The number of aliphatic hydroxyl groups excluding tert-OH is 1. The number of benzene rings is 4. The predicted molar refractivity (Wildman–Crippen MR) is 201 cm³/mol. The molecule has 0 heterocycles. The first-order valence-corrected chi connectivity index (χ1v) is 19.5. The van der Waals surface area contributed by atoms with Crippen molar-refractivity contribution in [2.45, 2.75) is 89.8 Å². The molecule has 4 rings (SSSR count). The lowest BCUT2D eigenvalue weighted by Gasteiger charge is -2.43. The fourth-order valence-corrected chi connectivity index (χ4v) is 11.0. The summed E-state index contributed by atoms with van der Waals surface area (Å²) in [6.45, 7) is 10.4. The van der Waals surface area contributed by atoms with Crippen molar-refractivity contribution >= 4 is 24.4 Å². The summed E-state index contributed by atoms with van der Waals surface area (Å²) in [6, 6.07) is 42.0. The molecule has 0 aliphatic carbocycles. The summed E-state index contributed by atoms with van der Waals surface area (Å²) >= 11 is 0. The topological polar surface area (TPSA) is 51.0 Å². The highest BCUT2D eigenvalue weighted by Crippen LogP contribution is 2.37. The van der Waals surface area contributed by atoms with Crippen LogP contribution in [0.1, 0.15) is 83.8 Å². The van der Waals surface area contributed by atoms with E-state index < -0.39 is 8.32 Å². The molecule has 0 fully saturated rings. The molecule has 0 aliphatic heterocycles. The van der Waals surface area contributed by atoms with Gasteiger partial charge in [-0.25, -0.2) is 0 Å². The molecule has 0 amide bonds. The molecule has 0 aliphatic rings. The summed E-state index contributed by atoms with van der Waals surface area (Å²) in [5.74, 6) is 0. The average Bonchev–Trinajstić information content (AvgIpc) is 3.10. The van der Waals surface area contributed by atoms with E-state index in [2.05, 4.69) is 137 Å². The van der Waals surface area contributed by atoms with Gasteiger partial charge in [0.1, 0.15) is 0 Å². The Morgan fingerprint density at radius 3 is 1.64 bits per heavy atom. The van der Waals surface area contributed by atoms with Crippen LogP contribution in [-0.2, 0) is 9.16 Å². The van der Waals surface area contributed by atoms with Gasteiger partial charge in [-0.15, -0.1) is 0 Å². The van der Waals surface area contributed by atoms with E-state index >= 15 is 0 Å². The van der Waals surface area contributed by atoms with Crippen molar-refractivity contribution in [1.82, 2.24) is 0 Å². The molecule has 0 bridgehead atoms. The highest BCUT2D eigenvalue weighted by molar-refractivity contribution is 6.99. The number of aliphatic hydroxyl groups is 1. The van der Waals surface area contributed by atoms with Crippen molar-refractivity contribution in [3.63, 3.8) is 0 Å². The molecule has 5 heteroatoms. The maximum Gasteiger partial charge on any atom is 0.261 e. The zero-order chi connectivity index (χ0) is 33.4. The van der Waals surface area contributed by atoms with Crippen LogP contribution in [0.3, 0.4) is 0 Å². The third kappa shape index (κ3) is 10.6. The van der Waals surface area contributed by atoms with Crippen LogP contribution in [0.15, 0.2) is 126 Å². The Balaban J connectivity index is 1.63. The largest absolute Gasteiger partial charge is 0.405 e. The fraction of sp³-hybridized carbons (Fsp3) is 0.405. The van der Waals surface area contributed by atoms with Crippen molar-refractivity contribution in [2.75, 3.05) is 19.8 Å². The monoisotopic (exact) mass is 649 g/mol. The Bertz CT molecular complexity index is 1360. The zero-order valence-corrected chi connectivity index (χ0v) is 30.0. The molecule has 4 nitrogen and oxygen atoms in total. The van der Waals surface area contributed by atoms with Crippen molar-refractivity contribution < 1.29 is 14.3 Å². The maximum absolute atomic E-state index is 10.6. The SMILES string of the molecule is CCCCCCC[C@@H](O)CCOC[C@H](CO[Si](c1ccccc1)(c1ccccc1)C(C)(C)C)N=C(c1ccccc1)c1ccccc1. The molecule has 0 spiro atoms. The number of rotatable bonds is 19. The number of unbranched alkanes of at least 4 members (excludes halogenated alkanes) is 4. The second kappa shape index (κ2) is 18.8. The number of nitrogens with zero attached hydrogens (tertiary/aromatic N) is 1. The first-order chi connectivity index (χ1) is 22.8. The summed E-state index contributed by atoms with van der Waals surface area (Å²) < 4.78 is 13.7. The van der Waals surface area contributed by atoms with Gasteiger partial charge in [0.2, 0.25) is 0 Å². The van der Waals surface area contributed by atoms with Crippen LogP contribution in [0.2, 0.25) is 5.04 Å². The molecule has 250 valence electrons. The molecule has 4 aromatic carbocycles. The molecular weight excluding hydrogens is 595 g/mol. The maximum atomic E-state index is 10.6. The van der Waals surface area contributed by atoms with Gasteiger partial charge < -0.3 is 14.3 Å². The molecule has 47 heavy (non-hydrogen) atoms. The smallest absolute Gasteiger partial charge is 0.261 e. The van der Waals surface area contributed by atoms with E-state index in [0.29, 0.717) is 26.2 Å². The van der Waals surface area contributed by atoms with E-state index in [1.165, 1.54) is 36.1 Å². The minimum Gasteiger partial charge on any atom is -0.405 e. The van der Waals surface area contributed by atoms with Crippen LogP contribution in [0.5, 0.6) is 0 Å². The Labute approximate surface area is 285 Å². The molecule has 0 aromatic heterocycles. The van der Waals surface area contributed by atoms with Crippen LogP contribution in [0, 0.1) is 0 Å². The first kappa shape index (κ1) is 36.5. The third-order valence-electron chi connectivity index (χ3n) is 8.86. The Hall–Kier alpha value is -3.35. The lowest BCUT2D eigenvalue weighted by atomic mass is 10.0. The Morgan fingerprint density at radius 1 is 0.660 bits per heavy atom. The molecule has 4 aromatic rings. The predicted octanol–water partition coefficient (Wildman–Crippen LogP) is 8.60. The van der Waals surface area contributed by atoms with E-state index in [9.17, 15) is 5.11 Å². The van der Waals surface area contributed by atoms with Crippen LogP contribution in [0.25, 0.3) is 0 Å². The lowest BCUT2D eigenvalue weighted by Crippen LogP contribution is -2.67. The van der Waals surface area contributed by atoms with Crippen LogP contribution in [-0.4, -0.2) is 51.1 Å². The molecule has 1 N–H and O–H groups in total. The average molecular weight is 650 g/mol. The van der Waals surface area contributed by atoms with Crippen LogP contribution >= 0.6 is 0 Å². The second-order valence-corrected chi connectivity index (χ2v) is 17.9. The van der Waals surface area contributed by atoms with Gasteiger partial charge in [0.15, 0.2) is 0 Å². The molecule has 0 unspecified atom stereocenters. The van der Waals surface area contributed by atoms with Crippen molar-refractivity contribution in [2.24, 2.45) is 4.99 Å². The summed E-state index contributed by atoms with van der Waals surface area (Å²) in [5, 5.41) is 13.0.